The minimum atomic E-state index is -2.57. The van der Waals surface area contributed by atoms with Crippen molar-refractivity contribution in [1.29, 1.82) is 0 Å². The van der Waals surface area contributed by atoms with Crippen molar-refractivity contribution in [1.82, 2.24) is 9.13 Å². The summed E-state index contributed by atoms with van der Waals surface area (Å²) < 4.78 is 34.6. The van der Waals surface area contributed by atoms with E-state index in [1.807, 2.05) is 12.1 Å². The van der Waals surface area contributed by atoms with Crippen LogP contribution in [0, 0.1) is 34.5 Å². The van der Waals surface area contributed by atoms with Gasteiger partial charge in [0.15, 0.2) is 0 Å². The van der Waals surface area contributed by atoms with Crippen LogP contribution in [0.2, 0.25) is 0 Å². The van der Waals surface area contributed by atoms with Gasteiger partial charge in [0.2, 0.25) is 0 Å². The van der Waals surface area contributed by atoms with Gasteiger partial charge >= 0.3 is 0 Å². The molecule has 0 unspecified atom stereocenters. The average Bonchev–Trinajstić information content (AvgIpc) is 1.20. The van der Waals surface area contributed by atoms with Crippen LogP contribution in [0.5, 0.6) is 0 Å². The topological polar surface area (TPSA) is 16.3 Å². The van der Waals surface area contributed by atoms with Gasteiger partial charge in [-0.3, -0.25) is 0 Å². The van der Waals surface area contributed by atoms with E-state index in [1.54, 1.807) is 0 Å². The first-order valence-electron chi connectivity index (χ1n) is 35.3. The van der Waals surface area contributed by atoms with Crippen LogP contribution in [0.1, 0.15) is 84.6 Å². The highest BCUT2D eigenvalue weighted by Crippen LogP contribution is 2.55. The molecule has 2 aliphatic heterocycles. The van der Waals surface area contributed by atoms with Crippen LogP contribution in [-0.2, 0) is 10.8 Å². The van der Waals surface area contributed by atoms with Crippen molar-refractivity contribution in [2.24, 2.45) is 0 Å². The Balaban J connectivity index is 1.08. The predicted octanol–water partition coefficient (Wildman–Crippen LogP) is 22.8. The van der Waals surface area contributed by atoms with E-state index in [9.17, 15) is 4.11 Å². The van der Waals surface area contributed by atoms with Crippen LogP contribution in [-0.4, -0.2) is 15.8 Å². The van der Waals surface area contributed by atoms with E-state index in [4.69, 9.17) is 0 Å². The Morgan fingerprint density at radius 1 is 0.302 bits per heavy atom. The van der Waals surface area contributed by atoms with Crippen molar-refractivity contribution < 1.29 is 4.11 Å². The van der Waals surface area contributed by atoms with E-state index in [2.05, 4.69) is 343 Å². The molecule has 0 spiro atoms. The lowest BCUT2D eigenvalue weighted by Gasteiger charge is -2.46. The molecule has 0 N–H and O–H groups in total. The van der Waals surface area contributed by atoms with Crippen molar-refractivity contribution in [3.05, 3.63) is 306 Å². The van der Waals surface area contributed by atoms with E-state index in [0.717, 1.165) is 128 Å². The second-order valence-electron chi connectivity index (χ2n) is 29.1. The molecule has 464 valence electrons. The van der Waals surface area contributed by atoms with Crippen LogP contribution in [0.4, 0.5) is 34.1 Å². The lowest BCUT2D eigenvalue weighted by Crippen LogP contribution is -2.61. The Labute approximate surface area is 569 Å². The van der Waals surface area contributed by atoms with Crippen molar-refractivity contribution in [3.8, 4) is 55.9 Å². The highest BCUT2D eigenvalue weighted by Gasteiger charge is 2.46. The summed E-state index contributed by atoms with van der Waals surface area (Å²) in [5.74, 6) is 0. The summed E-state index contributed by atoms with van der Waals surface area (Å²) in [6.45, 7) is 19.5. The predicted molar refractivity (Wildman–Crippen MR) is 412 cm³/mol. The number of aryl methyl sites for hydroxylation is 5. The third-order valence-corrected chi connectivity index (χ3v) is 20.5. The summed E-state index contributed by atoms with van der Waals surface area (Å²) in [4.78, 5) is 4.98. The number of benzene rings is 13. The first-order valence-corrected chi connectivity index (χ1v) is 33.8. The van der Waals surface area contributed by atoms with Gasteiger partial charge in [-0.05, 0) is 208 Å². The van der Waals surface area contributed by atoms with Gasteiger partial charge in [0.1, 0.15) is 0 Å². The smallest absolute Gasteiger partial charge is 0.252 e. The molecular weight excluding hydrogens is 1160 g/mol. The Morgan fingerprint density at radius 3 is 0.885 bits per heavy atom. The third-order valence-electron chi connectivity index (χ3n) is 20.5. The molecule has 0 fully saturated rings. The molecule has 96 heavy (non-hydrogen) atoms. The van der Waals surface area contributed by atoms with Crippen molar-refractivity contribution in [3.63, 3.8) is 0 Å². The Kier molecular flexibility index (Phi) is 12.8. The van der Waals surface area contributed by atoms with E-state index in [1.165, 1.54) is 54.9 Å². The molecule has 0 radical (unpaired) electrons. The minimum Gasteiger partial charge on any atom is -0.310 e. The average molecular weight is 1240 g/mol. The highest BCUT2D eigenvalue weighted by atomic mass is 15.2. The monoisotopic (exact) mass is 1240 g/mol. The van der Waals surface area contributed by atoms with Crippen molar-refractivity contribution in [2.75, 3.05) is 9.80 Å². The minimum absolute atomic E-state index is 0.244. The lowest BCUT2D eigenvalue weighted by atomic mass is 9.33. The van der Waals surface area contributed by atoms with E-state index >= 15 is 0 Å². The van der Waals surface area contributed by atoms with Crippen LogP contribution >= 0.6 is 0 Å². The fourth-order valence-corrected chi connectivity index (χ4v) is 15.7. The number of hydrogen-bond acceptors (Lipinski definition) is 2. The standard InChI is InChI=1S/C91H77BN4/c1-56-32-38-69-70-39-33-57(2)45-80(70)93(79(69)44-56)67-36-42-77-83(54-67)95(88-73(61-24-16-12-17-25-61)50-65(90(6,7)8)51-74(88)62-26-18-13-19-27-62)85-48-60(5)49-86-87(85)92(77)78-43-37-68(94-81-46-58(3)34-40-71(81)72-41-35-59(4)47-82(72)94)55-84(78)96(86)89-75(63-28-20-14-21-29-63)52-66(91(9,10)11)53-76(89)64-30-22-15-23-31-64/h12-55H,1-11H3/i5D3. The zero-order chi connectivity index (χ0) is 68.1. The van der Waals surface area contributed by atoms with Gasteiger partial charge in [0, 0.05) is 82.0 Å². The molecule has 2 aromatic heterocycles. The zero-order valence-electron chi connectivity index (χ0n) is 59.3. The molecule has 4 heterocycles. The fraction of sp³-hybridized carbons (Fsp3) is 0.143. The molecular formula is C91H77BN4. The van der Waals surface area contributed by atoms with Gasteiger partial charge in [0.05, 0.1) is 33.4 Å². The molecule has 0 amide bonds. The molecule has 0 saturated heterocycles. The number of nitrogens with zero attached hydrogens (tertiary/aromatic N) is 4. The second kappa shape index (κ2) is 22.1. The van der Waals surface area contributed by atoms with E-state index < -0.39 is 13.6 Å². The summed E-state index contributed by atoms with van der Waals surface area (Å²) in [6, 6.07) is 98.6. The largest absolute Gasteiger partial charge is 0.310 e. The van der Waals surface area contributed by atoms with E-state index in [-0.39, 0.29) is 16.4 Å². The van der Waals surface area contributed by atoms with Gasteiger partial charge in [-0.1, -0.05) is 224 Å². The first-order chi connectivity index (χ1) is 47.6. The Hall–Kier alpha value is -10.9. The lowest BCUT2D eigenvalue weighted by molar-refractivity contribution is 0.590. The maximum absolute atomic E-state index is 9.88. The van der Waals surface area contributed by atoms with Gasteiger partial charge in [0.25, 0.3) is 6.71 Å². The van der Waals surface area contributed by atoms with Crippen LogP contribution in [0.15, 0.2) is 267 Å². The molecule has 13 aromatic carbocycles. The Morgan fingerprint density at radius 2 is 0.604 bits per heavy atom. The molecule has 0 atom stereocenters. The molecule has 2 aliphatic rings. The summed E-state index contributed by atoms with van der Waals surface area (Å²) in [5, 5.41) is 4.74. The summed E-state index contributed by atoms with van der Waals surface area (Å²) in [7, 11) is 0. The van der Waals surface area contributed by atoms with E-state index in [0.29, 0.717) is 0 Å². The van der Waals surface area contributed by atoms with Gasteiger partial charge in [-0.2, -0.15) is 0 Å². The fourth-order valence-electron chi connectivity index (χ4n) is 15.7. The molecule has 0 bridgehead atoms. The zero-order valence-corrected chi connectivity index (χ0v) is 56.3. The van der Waals surface area contributed by atoms with Crippen molar-refractivity contribution >= 4 is 101 Å². The first kappa shape index (κ1) is 55.6. The van der Waals surface area contributed by atoms with Gasteiger partial charge in [-0.25, -0.2) is 0 Å². The maximum atomic E-state index is 9.88. The highest BCUT2D eigenvalue weighted by molar-refractivity contribution is 7.00. The maximum Gasteiger partial charge on any atom is 0.252 e. The number of hydrogen-bond donors (Lipinski definition) is 0. The Bertz CT molecular complexity index is 5210. The normalized spacial score (nSPS) is 13.5. The molecule has 0 aliphatic carbocycles. The second-order valence-corrected chi connectivity index (χ2v) is 29.1. The third kappa shape index (κ3) is 9.48. The number of rotatable bonds is 8. The van der Waals surface area contributed by atoms with Gasteiger partial charge < -0.3 is 18.9 Å². The molecule has 0 saturated carbocycles. The van der Waals surface area contributed by atoms with Crippen LogP contribution in [0.3, 0.4) is 0 Å². The molecule has 4 nitrogen and oxygen atoms in total. The van der Waals surface area contributed by atoms with Gasteiger partial charge in [-0.15, -0.1) is 0 Å². The summed E-state index contributed by atoms with van der Waals surface area (Å²) >= 11 is 0. The number of aromatic nitrogens is 2. The molecule has 17 rings (SSSR count). The summed E-state index contributed by atoms with van der Waals surface area (Å²) in [6.07, 6.45) is 0. The van der Waals surface area contributed by atoms with Crippen LogP contribution < -0.4 is 26.2 Å². The summed E-state index contributed by atoms with van der Waals surface area (Å²) in [5.41, 5.74) is 30.4. The van der Waals surface area contributed by atoms with Crippen LogP contribution in [0.25, 0.3) is 99.5 Å². The van der Waals surface area contributed by atoms with Crippen molar-refractivity contribution in [2.45, 2.75) is 86.9 Å². The SMILES string of the molecule is [2H]C([2H])([2H])c1cc2c3c(c1)N(c1c(-c4ccccc4)cc(C(C)(C)C)cc1-c1ccccc1)c1cc(-n4c5cc(C)ccc5c5ccc(C)cc54)ccc1B3c1ccc(-n3c4cc(C)ccc4c4ccc(C)cc43)cc1N2c1c(-c2ccccc2)cc(C(C)(C)C)cc1-c1ccccc1. The number of anilines is 6. The quantitative estimate of drug-likeness (QED) is 0.141. The molecule has 5 heteroatoms. The molecule has 15 aromatic rings. The number of fused-ring (bicyclic) bond motifs is 10.